The molecule has 242 valence electrons. The van der Waals surface area contributed by atoms with Crippen LogP contribution in [0.15, 0.2) is 0 Å². The van der Waals surface area contributed by atoms with Crippen molar-refractivity contribution in [3.05, 3.63) is 0 Å². The zero-order valence-electron chi connectivity index (χ0n) is 27.8. The maximum absolute atomic E-state index is 10.6. The van der Waals surface area contributed by atoms with E-state index in [1.807, 2.05) is 0 Å². The minimum atomic E-state index is -2.12. The van der Waals surface area contributed by atoms with E-state index in [0.29, 0.717) is 0 Å². The zero-order chi connectivity index (χ0) is 29.2. The van der Waals surface area contributed by atoms with Crippen molar-refractivity contribution in [2.45, 2.75) is 219 Å². The second-order valence-corrected chi connectivity index (χ2v) is 20.3. The molecule has 0 aromatic carbocycles. The molecular formula is C36H75OPS2. The lowest BCUT2D eigenvalue weighted by Crippen LogP contribution is -1.89. The standard InChI is InChI=1S/C36H75OPS2/c1-3-5-7-9-11-13-15-17-19-21-23-25-27-29-31-33-35-38(37,39)40-36-34-32-30-28-26-24-22-20-18-16-14-12-10-8-6-4-2/h3-36H2,1-2H3,(H,37,39). The smallest absolute Gasteiger partial charge is 0.116 e. The van der Waals surface area contributed by atoms with Gasteiger partial charge >= 0.3 is 0 Å². The van der Waals surface area contributed by atoms with Gasteiger partial charge in [-0.1, -0.05) is 230 Å². The van der Waals surface area contributed by atoms with E-state index in [0.717, 1.165) is 18.3 Å². The Hall–Kier alpha value is 0.960. The average molecular weight is 619 g/mol. The van der Waals surface area contributed by atoms with Gasteiger partial charge in [-0.15, -0.1) is 0 Å². The molecule has 40 heavy (non-hydrogen) atoms. The van der Waals surface area contributed by atoms with Gasteiger partial charge in [0.15, 0.2) is 0 Å². The maximum atomic E-state index is 10.6. The summed E-state index contributed by atoms with van der Waals surface area (Å²) in [5.74, 6) is 1.07. The molecule has 0 amide bonds. The molecule has 0 fully saturated rings. The third kappa shape index (κ3) is 35.2. The number of hydrogen-bond acceptors (Lipinski definition) is 2. The van der Waals surface area contributed by atoms with Gasteiger partial charge in [-0.25, -0.2) is 0 Å². The molecule has 0 aliphatic heterocycles. The Morgan fingerprint density at radius 3 is 0.875 bits per heavy atom. The summed E-state index contributed by atoms with van der Waals surface area (Å²) in [7, 11) is 0. The second kappa shape index (κ2) is 34.5. The van der Waals surface area contributed by atoms with Gasteiger partial charge < -0.3 is 4.89 Å². The lowest BCUT2D eigenvalue weighted by molar-refractivity contribution is 0.531. The van der Waals surface area contributed by atoms with Gasteiger partial charge in [0.2, 0.25) is 0 Å². The van der Waals surface area contributed by atoms with E-state index < -0.39 is 5.47 Å². The van der Waals surface area contributed by atoms with Gasteiger partial charge in [0, 0.05) is 11.9 Å². The fourth-order valence-corrected chi connectivity index (χ4v) is 10.2. The van der Waals surface area contributed by atoms with E-state index in [9.17, 15) is 4.89 Å². The summed E-state index contributed by atoms with van der Waals surface area (Å²) in [5, 5.41) is 0. The highest BCUT2D eigenvalue weighted by molar-refractivity contribution is 8.69. The van der Waals surface area contributed by atoms with Crippen LogP contribution in [0.3, 0.4) is 0 Å². The first kappa shape index (κ1) is 41.0. The minimum absolute atomic E-state index is 0.893. The summed E-state index contributed by atoms with van der Waals surface area (Å²) in [6, 6.07) is 0. The summed E-state index contributed by atoms with van der Waals surface area (Å²) in [6.45, 7) is 4.59. The Morgan fingerprint density at radius 2 is 0.600 bits per heavy atom. The van der Waals surface area contributed by atoms with Crippen molar-refractivity contribution in [3.8, 4) is 0 Å². The van der Waals surface area contributed by atoms with Crippen LogP contribution in [0.2, 0.25) is 0 Å². The van der Waals surface area contributed by atoms with E-state index in [1.54, 1.807) is 11.4 Å². The largest absolute Gasteiger partial charge is 0.357 e. The van der Waals surface area contributed by atoms with Gasteiger partial charge in [0.05, 0.1) is 0 Å². The van der Waals surface area contributed by atoms with E-state index in [-0.39, 0.29) is 0 Å². The Balaban J connectivity index is 3.27. The molecule has 0 spiro atoms. The molecule has 1 unspecified atom stereocenters. The third-order valence-electron chi connectivity index (χ3n) is 8.59. The van der Waals surface area contributed by atoms with Crippen molar-refractivity contribution in [1.29, 1.82) is 0 Å². The average Bonchev–Trinajstić information content (AvgIpc) is 2.94. The Morgan fingerprint density at radius 1 is 0.375 bits per heavy atom. The van der Waals surface area contributed by atoms with Gasteiger partial charge in [-0.2, -0.15) is 0 Å². The van der Waals surface area contributed by atoms with Gasteiger partial charge in [-0.3, -0.25) is 0 Å². The highest BCUT2D eigenvalue weighted by Crippen LogP contribution is 2.55. The van der Waals surface area contributed by atoms with Crippen LogP contribution >= 0.6 is 16.8 Å². The molecule has 1 atom stereocenters. The van der Waals surface area contributed by atoms with Crippen LogP contribution < -0.4 is 0 Å². The molecule has 0 aromatic rings. The third-order valence-corrected chi connectivity index (χ3v) is 14.1. The molecule has 0 aliphatic carbocycles. The van der Waals surface area contributed by atoms with Crippen molar-refractivity contribution in [2.75, 3.05) is 11.9 Å². The SMILES string of the molecule is CCCCCCCCCCCCCCCCCCSP(O)(=S)CCCCCCCCCCCCCCCCCC. The highest BCUT2D eigenvalue weighted by atomic mass is 32.9. The van der Waals surface area contributed by atoms with Crippen molar-refractivity contribution < 1.29 is 4.89 Å². The first-order valence-electron chi connectivity index (χ1n) is 18.6. The van der Waals surface area contributed by atoms with Crippen LogP contribution in [0.4, 0.5) is 0 Å². The van der Waals surface area contributed by atoms with E-state index in [4.69, 9.17) is 11.8 Å². The zero-order valence-corrected chi connectivity index (χ0v) is 30.3. The lowest BCUT2D eigenvalue weighted by Gasteiger charge is -2.14. The fourth-order valence-electron chi connectivity index (χ4n) is 5.78. The molecular weight excluding hydrogens is 544 g/mol. The van der Waals surface area contributed by atoms with E-state index in [1.165, 1.54) is 199 Å². The predicted molar refractivity (Wildman–Crippen MR) is 193 cm³/mol. The van der Waals surface area contributed by atoms with Crippen LogP contribution in [0.25, 0.3) is 0 Å². The first-order valence-corrected chi connectivity index (χ1v) is 23.1. The van der Waals surface area contributed by atoms with Crippen LogP contribution in [-0.2, 0) is 11.8 Å². The van der Waals surface area contributed by atoms with Crippen LogP contribution in [-0.4, -0.2) is 16.8 Å². The Labute approximate surface area is 263 Å². The molecule has 4 heteroatoms. The first-order chi connectivity index (χ1) is 19.6. The van der Waals surface area contributed by atoms with Crippen molar-refractivity contribution in [1.82, 2.24) is 0 Å². The minimum Gasteiger partial charge on any atom is -0.357 e. The molecule has 0 aliphatic rings. The molecule has 1 N–H and O–H groups in total. The molecule has 0 radical (unpaired) electrons. The van der Waals surface area contributed by atoms with Gasteiger partial charge in [0.1, 0.15) is 5.47 Å². The highest BCUT2D eigenvalue weighted by Gasteiger charge is 2.12. The number of rotatable bonds is 35. The van der Waals surface area contributed by atoms with E-state index in [2.05, 4.69) is 13.8 Å². The molecule has 0 bridgehead atoms. The molecule has 1 nitrogen and oxygen atoms in total. The molecule has 0 saturated heterocycles. The number of unbranched alkanes of at least 4 members (excludes halogenated alkanes) is 30. The summed E-state index contributed by atoms with van der Waals surface area (Å²) in [4.78, 5) is 10.6. The maximum Gasteiger partial charge on any atom is 0.116 e. The number of hydrogen-bond donors (Lipinski definition) is 1. The van der Waals surface area contributed by atoms with Crippen LogP contribution in [0.5, 0.6) is 0 Å². The summed E-state index contributed by atoms with van der Waals surface area (Å²) in [5.41, 5.74) is -2.12. The quantitative estimate of drug-likeness (QED) is 0.0563. The Kier molecular flexibility index (Phi) is 35.3. The topological polar surface area (TPSA) is 20.2 Å². The van der Waals surface area contributed by atoms with Gasteiger partial charge in [0.25, 0.3) is 0 Å². The predicted octanol–water partition coefficient (Wildman–Crippen LogP) is 14.5. The summed E-state index contributed by atoms with van der Waals surface area (Å²) >= 11 is 7.32. The molecule has 0 heterocycles. The van der Waals surface area contributed by atoms with Crippen molar-refractivity contribution >= 4 is 28.7 Å². The van der Waals surface area contributed by atoms with Crippen molar-refractivity contribution in [3.63, 3.8) is 0 Å². The molecule has 0 rings (SSSR count). The fraction of sp³-hybridized carbons (Fsp3) is 1.00. The van der Waals surface area contributed by atoms with Crippen LogP contribution in [0, 0.1) is 0 Å². The van der Waals surface area contributed by atoms with Crippen molar-refractivity contribution in [2.24, 2.45) is 0 Å². The molecule has 0 saturated carbocycles. The van der Waals surface area contributed by atoms with Crippen LogP contribution in [0.1, 0.15) is 219 Å². The van der Waals surface area contributed by atoms with Gasteiger partial charge in [-0.05, 0) is 12.8 Å². The molecule has 0 aromatic heterocycles. The summed E-state index contributed by atoms with van der Waals surface area (Å²) < 4.78 is 0. The monoisotopic (exact) mass is 618 g/mol. The Bertz CT molecular complexity index is 513. The lowest BCUT2D eigenvalue weighted by atomic mass is 10.0. The van der Waals surface area contributed by atoms with E-state index >= 15 is 0 Å². The summed E-state index contributed by atoms with van der Waals surface area (Å²) in [6.07, 6.45) is 45.8. The normalized spacial score (nSPS) is 13.2. The second-order valence-electron chi connectivity index (χ2n) is 12.8.